The summed E-state index contributed by atoms with van der Waals surface area (Å²) in [7, 11) is 0. The van der Waals surface area contributed by atoms with E-state index in [1.807, 2.05) is 0 Å². The van der Waals surface area contributed by atoms with Gasteiger partial charge in [-0.25, -0.2) is 9.78 Å². The van der Waals surface area contributed by atoms with Crippen LogP contribution in [-0.4, -0.2) is 16.1 Å². The smallest absolute Gasteiger partial charge is 0.354 e. The zero-order valence-corrected chi connectivity index (χ0v) is 5.61. The average molecular weight is 153 g/mol. The zero-order chi connectivity index (χ0) is 8.43. The third kappa shape index (κ3) is 1.37. The van der Waals surface area contributed by atoms with Crippen LogP contribution >= 0.6 is 0 Å². The van der Waals surface area contributed by atoms with Crippen molar-refractivity contribution in [1.82, 2.24) is 4.98 Å². The molecule has 0 unspecified atom stereocenters. The first-order valence-electron chi connectivity index (χ1n) is 2.86. The molecule has 0 aromatic carbocycles. The van der Waals surface area contributed by atoms with E-state index >= 15 is 0 Å². The Labute approximate surface area is 62.7 Å². The molecule has 58 valence electrons. The summed E-state index contributed by atoms with van der Waals surface area (Å²) >= 11 is 0. The summed E-state index contributed by atoms with van der Waals surface area (Å²) in [4.78, 5) is 13.8. The number of pyridine rings is 1. The molecule has 0 radical (unpaired) electrons. The van der Waals surface area contributed by atoms with Crippen molar-refractivity contribution < 1.29 is 9.90 Å². The number of nitrogen functional groups attached to an aromatic ring is 2. The lowest BCUT2D eigenvalue weighted by molar-refractivity contribution is 0.0690. The molecule has 0 spiro atoms. The Bertz CT molecular complexity index is 298. The van der Waals surface area contributed by atoms with Crippen molar-refractivity contribution in [1.29, 1.82) is 0 Å². The van der Waals surface area contributed by atoms with Crippen LogP contribution in [0.4, 0.5) is 11.5 Å². The zero-order valence-electron chi connectivity index (χ0n) is 5.61. The molecule has 5 heteroatoms. The lowest BCUT2D eigenvalue weighted by Crippen LogP contribution is -2.05. The van der Waals surface area contributed by atoms with Crippen molar-refractivity contribution >= 4 is 17.5 Å². The van der Waals surface area contributed by atoms with Gasteiger partial charge in [-0.05, 0) is 12.1 Å². The number of nitrogens with zero attached hydrogens (tertiary/aromatic N) is 1. The van der Waals surface area contributed by atoms with E-state index < -0.39 is 5.97 Å². The van der Waals surface area contributed by atoms with Gasteiger partial charge in [-0.15, -0.1) is 0 Å². The van der Waals surface area contributed by atoms with Gasteiger partial charge >= 0.3 is 5.97 Å². The van der Waals surface area contributed by atoms with Gasteiger partial charge in [0.25, 0.3) is 0 Å². The Hall–Kier alpha value is -1.78. The molecule has 1 aromatic heterocycles. The maximum absolute atomic E-state index is 10.3. The Balaban J connectivity index is 3.15. The van der Waals surface area contributed by atoms with Gasteiger partial charge in [0.15, 0.2) is 5.69 Å². The molecule has 11 heavy (non-hydrogen) atoms. The Morgan fingerprint density at radius 1 is 1.45 bits per heavy atom. The predicted octanol–water partition coefficient (Wildman–Crippen LogP) is -0.0558. The third-order valence-electron chi connectivity index (χ3n) is 1.18. The molecule has 1 heterocycles. The van der Waals surface area contributed by atoms with Gasteiger partial charge in [-0.1, -0.05) is 0 Å². The van der Waals surface area contributed by atoms with Gasteiger partial charge < -0.3 is 16.6 Å². The van der Waals surface area contributed by atoms with Crippen LogP contribution in [0, 0.1) is 0 Å². The molecule has 5 N–H and O–H groups in total. The minimum absolute atomic E-state index is 0.0462. The lowest BCUT2D eigenvalue weighted by Gasteiger charge is -1.98. The first-order chi connectivity index (χ1) is 5.11. The van der Waals surface area contributed by atoms with Crippen molar-refractivity contribution in [2.24, 2.45) is 0 Å². The summed E-state index contributed by atoms with van der Waals surface area (Å²) in [5.41, 5.74) is 10.8. The normalized spacial score (nSPS) is 9.45. The monoisotopic (exact) mass is 153 g/mol. The molecule has 0 bridgehead atoms. The quantitative estimate of drug-likeness (QED) is 0.524. The second-order valence-electron chi connectivity index (χ2n) is 1.98. The van der Waals surface area contributed by atoms with E-state index in [-0.39, 0.29) is 17.2 Å². The fraction of sp³-hybridized carbons (Fsp3) is 0. The van der Waals surface area contributed by atoms with Crippen LogP contribution in [0.15, 0.2) is 12.1 Å². The number of rotatable bonds is 1. The predicted molar refractivity (Wildman–Crippen MR) is 40.0 cm³/mol. The van der Waals surface area contributed by atoms with Crippen LogP contribution in [0.5, 0.6) is 0 Å². The molecule has 0 saturated carbocycles. The highest BCUT2D eigenvalue weighted by atomic mass is 16.4. The summed E-state index contributed by atoms with van der Waals surface area (Å²) in [6, 6.07) is 2.71. The van der Waals surface area contributed by atoms with Crippen LogP contribution in [-0.2, 0) is 0 Å². The van der Waals surface area contributed by atoms with Gasteiger partial charge in [0.2, 0.25) is 0 Å². The van der Waals surface area contributed by atoms with E-state index in [0.29, 0.717) is 0 Å². The number of hydrogen-bond donors (Lipinski definition) is 3. The van der Waals surface area contributed by atoms with E-state index in [2.05, 4.69) is 4.98 Å². The first-order valence-corrected chi connectivity index (χ1v) is 2.86. The molecule has 0 aliphatic heterocycles. The first kappa shape index (κ1) is 7.33. The van der Waals surface area contributed by atoms with E-state index in [9.17, 15) is 4.79 Å². The van der Waals surface area contributed by atoms with Gasteiger partial charge in [-0.3, -0.25) is 0 Å². The number of carboxylic acids is 1. The Morgan fingerprint density at radius 3 is 2.55 bits per heavy atom. The summed E-state index contributed by atoms with van der Waals surface area (Å²) in [6.45, 7) is 0. The van der Waals surface area contributed by atoms with E-state index in [0.717, 1.165) is 0 Å². The molecule has 0 amide bonds. The molecule has 0 saturated heterocycles. The molecule has 0 aliphatic carbocycles. The highest BCUT2D eigenvalue weighted by Crippen LogP contribution is 2.10. The highest BCUT2D eigenvalue weighted by molar-refractivity contribution is 5.86. The maximum atomic E-state index is 10.3. The van der Waals surface area contributed by atoms with Crippen molar-refractivity contribution in [3.8, 4) is 0 Å². The van der Waals surface area contributed by atoms with Gasteiger partial charge in [0.1, 0.15) is 5.82 Å². The van der Waals surface area contributed by atoms with Crippen LogP contribution in [0.1, 0.15) is 10.5 Å². The molecule has 0 atom stereocenters. The summed E-state index contributed by atoms with van der Waals surface area (Å²) < 4.78 is 0. The standard InChI is InChI=1S/C6H7N3O2/c7-3-1-2-4(6(10)11)9-5(3)8/h1-2H,7H2,(H2,8,9)(H,10,11). The fourth-order valence-corrected chi connectivity index (χ4v) is 0.605. The lowest BCUT2D eigenvalue weighted by atomic mass is 10.3. The molecule has 0 fully saturated rings. The minimum Gasteiger partial charge on any atom is -0.477 e. The highest BCUT2D eigenvalue weighted by Gasteiger charge is 2.05. The Kier molecular flexibility index (Phi) is 1.63. The van der Waals surface area contributed by atoms with Crippen LogP contribution in [0.3, 0.4) is 0 Å². The number of anilines is 2. The Morgan fingerprint density at radius 2 is 2.09 bits per heavy atom. The summed E-state index contributed by atoms with van der Waals surface area (Å²) in [5.74, 6) is -1.07. The average Bonchev–Trinajstić information content (AvgIpc) is 1.94. The van der Waals surface area contributed by atoms with E-state index in [4.69, 9.17) is 16.6 Å². The second-order valence-corrected chi connectivity index (χ2v) is 1.98. The maximum Gasteiger partial charge on any atom is 0.354 e. The topological polar surface area (TPSA) is 102 Å². The molecular formula is C6H7N3O2. The third-order valence-corrected chi connectivity index (χ3v) is 1.18. The SMILES string of the molecule is Nc1ccc(C(=O)O)nc1N. The molecule has 1 aromatic rings. The van der Waals surface area contributed by atoms with Gasteiger partial charge in [0, 0.05) is 0 Å². The van der Waals surface area contributed by atoms with Crippen molar-refractivity contribution in [2.45, 2.75) is 0 Å². The fourth-order valence-electron chi connectivity index (χ4n) is 0.605. The number of carboxylic acid groups (broad SMARTS) is 1. The summed E-state index contributed by atoms with van der Waals surface area (Å²) in [6.07, 6.45) is 0. The molecular weight excluding hydrogens is 146 g/mol. The van der Waals surface area contributed by atoms with E-state index in [1.165, 1.54) is 12.1 Å². The van der Waals surface area contributed by atoms with Crippen LogP contribution in [0.2, 0.25) is 0 Å². The minimum atomic E-state index is -1.11. The number of nitrogens with two attached hydrogens (primary N) is 2. The van der Waals surface area contributed by atoms with Crippen molar-refractivity contribution in [2.75, 3.05) is 11.5 Å². The largest absolute Gasteiger partial charge is 0.477 e. The summed E-state index contributed by atoms with van der Waals surface area (Å²) in [5, 5.41) is 8.44. The second kappa shape index (κ2) is 2.45. The molecule has 1 rings (SSSR count). The number of aromatic nitrogens is 1. The van der Waals surface area contributed by atoms with Crippen LogP contribution < -0.4 is 11.5 Å². The number of hydrogen-bond acceptors (Lipinski definition) is 4. The van der Waals surface area contributed by atoms with Gasteiger partial charge in [-0.2, -0.15) is 0 Å². The van der Waals surface area contributed by atoms with Crippen molar-refractivity contribution in [3.05, 3.63) is 17.8 Å². The number of aromatic carboxylic acids is 1. The van der Waals surface area contributed by atoms with E-state index in [1.54, 1.807) is 0 Å². The molecule has 0 aliphatic rings. The van der Waals surface area contributed by atoms with Crippen LogP contribution in [0.25, 0.3) is 0 Å². The number of carbonyl (C=O) groups is 1. The van der Waals surface area contributed by atoms with Gasteiger partial charge in [0.05, 0.1) is 5.69 Å². The van der Waals surface area contributed by atoms with Crippen molar-refractivity contribution in [3.63, 3.8) is 0 Å². The molecule has 5 nitrogen and oxygen atoms in total.